The van der Waals surface area contributed by atoms with E-state index in [-0.39, 0.29) is 5.92 Å². The second-order valence-corrected chi connectivity index (χ2v) is 9.12. The predicted octanol–water partition coefficient (Wildman–Crippen LogP) is 3.92. The van der Waals surface area contributed by atoms with Gasteiger partial charge in [0.05, 0.1) is 0 Å². The molecule has 0 radical (unpaired) electrons. The highest BCUT2D eigenvalue weighted by Gasteiger charge is 2.32. The van der Waals surface area contributed by atoms with Crippen LogP contribution in [-0.2, 0) is 4.79 Å². The molecule has 33 heavy (non-hydrogen) atoms. The van der Waals surface area contributed by atoms with Crippen molar-refractivity contribution >= 4 is 17.6 Å². The van der Waals surface area contributed by atoms with Crippen LogP contribution < -0.4 is 9.80 Å². The van der Waals surface area contributed by atoms with E-state index in [1.165, 1.54) is 16.8 Å². The van der Waals surface area contributed by atoms with Gasteiger partial charge in [0.15, 0.2) is 0 Å². The molecule has 2 aliphatic heterocycles. The third-order valence-corrected chi connectivity index (χ3v) is 6.85. The molecule has 3 aromatic rings. The van der Waals surface area contributed by atoms with Gasteiger partial charge in [-0.1, -0.05) is 35.4 Å². The third-order valence-electron chi connectivity index (χ3n) is 6.85. The third kappa shape index (κ3) is 4.58. The molecule has 7 heteroatoms. The van der Waals surface area contributed by atoms with Crippen LogP contribution in [0.1, 0.15) is 24.0 Å². The number of amides is 1. The molecule has 7 nitrogen and oxygen atoms in total. The van der Waals surface area contributed by atoms with Gasteiger partial charge >= 0.3 is 6.01 Å². The van der Waals surface area contributed by atoms with E-state index in [9.17, 15) is 4.79 Å². The fourth-order valence-electron chi connectivity index (χ4n) is 4.84. The van der Waals surface area contributed by atoms with Gasteiger partial charge in [0.1, 0.15) is 0 Å². The summed E-state index contributed by atoms with van der Waals surface area (Å²) in [5, 5.41) is 8.43. The van der Waals surface area contributed by atoms with Crippen LogP contribution in [0.25, 0.3) is 11.5 Å². The lowest BCUT2D eigenvalue weighted by atomic mass is 9.95. The van der Waals surface area contributed by atoms with Crippen LogP contribution in [0.15, 0.2) is 52.9 Å². The average Bonchev–Trinajstić information content (AvgIpc) is 3.36. The van der Waals surface area contributed by atoms with Crippen molar-refractivity contribution in [3.8, 4) is 11.5 Å². The minimum absolute atomic E-state index is 0.0741. The molecule has 2 fully saturated rings. The monoisotopic (exact) mass is 445 g/mol. The number of rotatable bonds is 4. The lowest BCUT2D eigenvalue weighted by Crippen LogP contribution is -2.51. The first-order chi connectivity index (χ1) is 16.1. The second-order valence-electron chi connectivity index (χ2n) is 9.12. The SMILES string of the molecule is Cc1ccc(C)c(N2CCN(C(=O)C3CCN(c4nnc(-c5ccccc5)o4)CC3)CC2)c1. The van der Waals surface area contributed by atoms with E-state index in [4.69, 9.17) is 4.42 Å². The highest BCUT2D eigenvalue weighted by Crippen LogP contribution is 2.28. The van der Waals surface area contributed by atoms with Crippen LogP contribution in [0.3, 0.4) is 0 Å². The van der Waals surface area contributed by atoms with Gasteiger partial charge in [-0.05, 0) is 56.0 Å². The Kier molecular flexibility index (Phi) is 6.03. The van der Waals surface area contributed by atoms with E-state index in [0.29, 0.717) is 17.8 Å². The molecule has 2 aliphatic rings. The first kappa shape index (κ1) is 21.5. The summed E-state index contributed by atoms with van der Waals surface area (Å²) in [6.45, 7) is 9.16. The van der Waals surface area contributed by atoms with Gasteiger partial charge in [0.25, 0.3) is 0 Å². The number of benzene rings is 2. The summed E-state index contributed by atoms with van der Waals surface area (Å²) in [6.07, 6.45) is 1.64. The van der Waals surface area contributed by atoms with Crippen LogP contribution >= 0.6 is 0 Å². The van der Waals surface area contributed by atoms with Gasteiger partial charge in [-0.2, -0.15) is 0 Å². The lowest BCUT2D eigenvalue weighted by molar-refractivity contribution is -0.136. The summed E-state index contributed by atoms with van der Waals surface area (Å²) in [6, 6.07) is 16.9. The largest absolute Gasteiger partial charge is 0.403 e. The van der Waals surface area contributed by atoms with Gasteiger partial charge in [-0.3, -0.25) is 4.79 Å². The molecule has 2 saturated heterocycles. The van der Waals surface area contributed by atoms with Crippen molar-refractivity contribution in [1.29, 1.82) is 0 Å². The van der Waals surface area contributed by atoms with Crippen molar-refractivity contribution in [1.82, 2.24) is 15.1 Å². The zero-order valence-corrected chi connectivity index (χ0v) is 19.4. The van der Waals surface area contributed by atoms with E-state index in [1.54, 1.807) is 0 Å². The molecule has 172 valence electrons. The fraction of sp³-hybridized carbons (Fsp3) is 0.423. The summed E-state index contributed by atoms with van der Waals surface area (Å²) in [5.74, 6) is 0.904. The Bertz CT molecular complexity index is 1100. The fourth-order valence-corrected chi connectivity index (χ4v) is 4.84. The normalized spacial score (nSPS) is 17.5. The number of piperazine rings is 1. The molecule has 0 bridgehead atoms. The van der Waals surface area contributed by atoms with Crippen molar-refractivity contribution < 1.29 is 9.21 Å². The van der Waals surface area contributed by atoms with Gasteiger partial charge in [0, 0.05) is 56.4 Å². The number of piperidine rings is 1. The van der Waals surface area contributed by atoms with Gasteiger partial charge in [0.2, 0.25) is 11.8 Å². The molecule has 3 heterocycles. The Morgan fingerprint density at radius 2 is 1.61 bits per heavy atom. The molecule has 0 N–H and O–H groups in total. The van der Waals surface area contributed by atoms with Crippen LogP contribution in [0, 0.1) is 19.8 Å². The number of anilines is 2. The number of aromatic nitrogens is 2. The van der Waals surface area contributed by atoms with E-state index in [2.05, 4.69) is 56.9 Å². The van der Waals surface area contributed by atoms with Crippen molar-refractivity contribution in [2.45, 2.75) is 26.7 Å². The minimum Gasteiger partial charge on any atom is -0.403 e. The maximum absolute atomic E-state index is 13.2. The quantitative estimate of drug-likeness (QED) is 0.607. The van der Waals surface area contributed by atoms with E-state index in [1.807, 2.05) is 30.3 Å². The Balaban J connectivity index is 1.14. The standard InChI is InChI=1S/C26H31N5O2/c1-19-8-9-20(2)23(18-19)29-14-16-30(17-15-29)25(32)22-10-12-31(13-11-22)26-28-27-24(33-26)21-6-4-3-5-7-21/h3-9,18,22H,10-17H2,1-2H3. The summed E-state index contributed by atoms with van der Waals surface area (Å²) < 4.78 is 5.90. The molecule has 0 unspecified atom stereocenters. The number of hydrogen-bond acceptors (Lipinski definition) is 6. The van der Waals surface area contributed by atoms with Crippen molar-refractivity contribution in [3.63, 3.8) is 0 Å². The Hall–Kier alpha value is -3.35. The molecule has 0 saturated carbocycles. The Labute approximate surface area is 195 Å². The average molecular weight is 446 g/mol. The van der Waals surface area contributed by atoms with Crippen molar-refractivity contribution in [3.05, 3.63) is 59.7 Å². The van der Waals surface area contributed by atoms with E-state index < -0.39 is 0 Å². The summed E-state index contributed by atoms with van der Waals surface area (Å²) in [5.41, 5.74) is 4.79. The molecular formula is C26H31N5O2. The highest BCUT2D eigenvalue weighted by molar-refractivity contribution is 5.79. The van der Waals surface area contributed by atoms with Crippen molar-refractivity contribution in [2.24, 2.45) is 5.92 Å². The number of carbonyl (C=O) groups excluding carboxylic acids is 1. The maximum atomic E-state index is 13.2. The zero-order chi connectivity index (χ0) is 22.8. The second kappa shape index (κ2) is 9.25. The molecule has 2 aromatic carbocycles. The Morgan fingerprint density at radius 3 is 2.33 bits per heavy atom. The van der Waals surface area contributed by atoms with E-state index >= 15 is 0 Å². The topological polar surface area (TPSA) is 65.7 Å². The number of hydrogen-bond donors (Lipinski definition) is 0. The molecule has 0 atom stereocenters. The summed E-state index contributed by atoms with van der Waals surface area (Å²) in [4.78, 5) is 19.8. The van der Waals surface area contributed by atoms with Crippen LogP contribution in [0.4, 0.5) is 11.7 Å². The predicted molar refractivity (Wildman–Crippen MR) is 129 cm³/mol. The van der Waals surface area contributed by atoms with E-state index in [0.717, 1.165) is 57.7 Å². The first-order valence-corrected chi connectivity index (χ1v) is 11.8. The lowest BCUT2D eigenvalue weighted by Gasteiger charge is -2.39. The molecular weight excluding hydrogens is 414 g/mol. The van der Waals surface area contributed by atoms with Gasteiger partial charge in [-0.25, -0.2) is 0 Å². The van der Waals surface area contributed by atoms with Crippen LogP contribution in [0.2, 0.25) is 0 Å². The maximum Gasteiger partial charge on any atom is 0.318 e. The highest BCUT2D eigenvalue weighted by atomic mass is 16.4. The molecule has 1 amide bonds. The Morgan fingerprint density at radius 1 is 0.879 bits per heavy atom. The molecule has 5 rings (SSSR count). The summed E-state index contributed by atoms with van der Waals surface area (Å²) >= 11 is 0. The summed E-state index contributed by atoms with van der Waals surface area (Å²) in [7, 11) is 0. The molecule has 1 aromatic heterocycles. The number of nitrogens with zero attached hydrogens (tertiary/aromatic N) is 5. The molecule has 0 spiro atoms. The van der Waals surface area contributed by atoms with Crippen LogP contribution in [0.5, 0.6) is 0 Å². The smallest absolute Gasteiger partial charge is 0.318 e. The number of carbonyl (C=O) groups is 1. The van der Waals surface area contributed by atoms with Gasteiger partial charge < -0.3 is 19.1 Å². The molecule has 0 aliphatic carbocycles. The minimum atomic E-state index is 0.0741. The van der Waals surface area contributed by atoms with Crippen molar-refractivity contribution in [2.75, 3.05) is 49.1 Å². The van der Waals surface area contributed by atoms with Gasteiger partial charge in [-0.15, -0.1) is 5.10 Å². The van der Waals surface area contributed by atoms with Crippen LogP contribution in [-0.4, -0.2) is 60.3 Å². The number of aryl methyl sites for hydroxylation is 2. The first-order valence-electron chi connectivity index (χ1n) is 11.8. The zero-order valence-electron chi connectivity index (χ0n) is 19.4.